The molecule has 11 unspecified atom stereocenters. The number of aliphatic hydroxyl groups excluding tert-OH is 7. The zero-order chi connectivity index (χ0) is 33.9. The van der Waals surface area contributed by atoms with E-state index in [1.807, 2.05) is 0 Å². The lowest BCUT2D eigenvalue weighted by Gasteiger charge is -2.42. The smallest absolute Gasteiger partial charge is 0.306 e. The van der Waals surface area contributed by atoms with Gasteiger partial charge in [-0.05, 0) is 12.8 Å². The predicted octanol–water partition coefficient (Wildman–Crippen LogP) is 0.667. The molecule has 2 heterocycles. The van der Waals surface area contributed by atoms with E-state index >= 15 is 0 Å². The molecule has 0 aromatic carbocycles. The summed E-state index contributed by atoms with van der Waals surface area (Å²) in [5.41, 5.74) is 0. The number of carbonyl (C=O) groups excluding carboxylic acids is 1. The summed E-state index contributed by atoms with van der Waals surface area (Å²) >= 11 is 0. The van der Waals surface area contributed by atoms with Crippen LogP contribution in [0.1, 0.15) is 97.3 Å². The molecule has 0 saturated carbocycles. The number of hydrogen-bond donors (Lipinski definition) is 7. The Hall–Kier alpha value is -1.01. The molecule has 0 aliphatic carbocycles. The van der Waals surface area contributed by atoms with Crippen LogP contribution in [0.2, 0.25) is 0 Å². The molecule has 0 aromatic rings. The highest BCUT2D eigenvalue weighted by Gasteiger charge is 2.47. The molecule has 2 aliphatic rings. The predicted molar refractivity (Wildman–Crippen MR) is 164 cm³/mol. The fourth-order valence-electron chi connectivity index (χ4n) is 5.40. The Morgan fingerprint density at radius 1 is 0.630 bits per heavy atom. The van der Waals surface area contributed by atoms with Crippen molar-refractivity contribution < 1.29 is 69.0 Å². The van der Waals surface area contributed by atoms with Gasteiger partial charge in [-0.25, -0.2) is 0 Å². The van der Waals surface area contributed by atoms with E-state index in [2.05, 4.69) is 13.8 Å². The van der Waals surface area contributed by atoms with E-state index in [4.69, 9.17) is 28.4 Å². The van der Waals surface area contributed by atoms with Crippen LogP contribution in [0.25, 0.3) is 0 Å². The van der Waals surface area contributed by atoms with Crippen LogP contribution in [0.3, 0.4) is 0 Å². The molecule has 2 aliphatic heterocycles. The van der Waals surface area contributed by atoms with Crippen LogP contribution in [0.15, 0.2) is 0 Å². The monoisotopic (exact) mass is 668 g/mol. The highest BCUT2D eigenvalue weighted by atomic mass is 16.7. The largest absolute Gasteiger partial charge is 0.457 e. The minimum absolute atomic E-state index is 0.0645. The average molecular weight is 669 g/mol. The van der Waals surface area contributed by atoms with Crippen LogP contribution in [0.4, 0.5) is 0 Å². The average Bonchev–Trinajstić information content (AvgIpc) is 3.05. The zero-order valence-electron chi connectivity index (χ0n) is 27.6. The van der Waals surface area contributed by atoms with E-state index in [9.17, 15) is 40.5 Å². The lowest BCUT2D eigenvalue weighted by molar-refractivity contribution is -0.332. The Morgan fingerprint density at radius 3 is 1.76 bits per heavy atom. The summed E-state index contributed by atoms with van der Waals surface area (Å²) in [6.45, 7) is 3.50. The van der Waals surface area contributed by atoms with Crippen molar-refractivity contribution in [2.75, 3.05) is 33.0 Å². The van der Waals surface area contributed by atoms with E-state index < -0.39 is 86.7 Å². The Balaban J connectivity index is 1.91. The van der Waals surface area contributed by atoms with Crippen molar-refractivity contribution >= 4 is 5.97 Å². The van der Waals surface area contributed by atoms with Crippen molar-refractivity contribution in [2.24, 2.45) is 0 Å². The summed E-state index contributed by atoms with van der Waals surface area (Å²) in [7, 11) is 0. The van der Waals surface area contributed by atoms with Crippen molar-refractivity contribution in [3.05, 3.63) is 0 Å². The Morgan fingerprint density at radius 2 is 1.15 bits per heavy atom. The standard InChI is InChI=1S/C32H60O14/c1-3-5-7-9-10-12-14-16-41-18-21(44-24(34)15-13-11-8-6-4-2)19-42-31-30(40)28(38)26(36)23(46-31)20-43-32-29(39)27(37)25(35)22(17-33)45-32/h21-23,25-33,35-40H,3-20H2,1-2H3. The van der Waals surface area contributed by atoms with Gasteiger partial charge in [0.25, 0.3) is 0 Å². The minimum Gasteiger partial charge on any atom is -0.457 e. The second-order valence-corrected chi connectivity index (χ2v) is 12.4. The van der Waals surface area contributed by atoms with Crippen molar-refractivity contribution in [1.29, 1.82) is 0 Å². The summed E-state index contributed by atoms with van der Waals surface area (Å²) in [5, 5.41) is 71.1. The molecule has 0 bridgehead atoms. The van der Waals surface area contributed by atoms with Gasteiger partial charge >= 0.3 is 5.97 Å². The number of ether oxygens (including phenoxy) is 6. The fourth-order valence-corrected chi connectivity index (χ4v) is 5.40. The molecular formula is C32H60O14. The maximum absolute atomic E-state index is 12.6. The van der Waals surface area contributed by atoms with Gasteiger partial charge in [-0.2, -0.15) is 0 Å². The lowest BCUT2D eigenvalue weighted by atomic mass is 9.98. The first kappa shape index (κ1) is 41.2. The Bertz CT molecular complexity index is 788. The molecule has 14 nitrogen and oxygen atoms in total. The van der Waals surface area contributed by atoms with Gasteiger partial charge < -0.3 is 64.2 Å². The Kier molecular flexibility index (Phi) is 20.9. The topological polar surface area (TPSA) is 214 Å². The SMILES string of the molecule is CCCCCCCCCOCC(COC1OC(COC2OC(CO)C(O)C(O)C2O)C(O)C(O)C1O)OC(=O)CCCCCCC. The highest BCUT2D eigenvalue weighted by molar-refractivity contribution is 5.69. The molecule has 2 rings (SSSR count). The third-order valence-electron chi connectivity index (χ3n) is 8.37. The minimum atomic E-state index is -1.69. The molecular weight excluding hydrogens is 608 g/mol. The number of hydrogen-bond acceptors (Lipinski definition) is 14. The van der Waals surface area contributed by atoms with Gasteiger partial charge in [0, 0.05) is 13.0 Å². The van der Waals surface area contributed by atoms with Gasteiger partial charge in [-0.15, -0.1) is 0 Å². The summed E-state index contributed by atoms with van der Waals surface area (Å²) in [6.07, 6.45) is -3.06. The van der Waals surface area contributed by atoms with E-state index in [0.29, 0.717) is 13.0 Å². The van der Waals surface area contributed by atoms with Crippen molar-refractivity contribution in [2.45, 2.75) is 165 Å². The molecule has 2 fully saturated rings. The van der Waals surface area contributed by atoms with Crippen LogP contribution in [-0.2, 0) is 33.2 Å². The third-order valence-corrected chi connectivity index (χ3v) is 8.37. The van der Waals surface area contributed by atoms with Crippen LogP contribution < -0.4 is 0 Å². The molecule has 46 heavy (non-hydrogen) atoms. The summed E-state index contributed by atoms with van der Waals surface area (Å²) in [6, 6.07) is 0. The molecule has 11 atom stereocenters. The molecule has 0 amide bonds. The third kappa shape index (κ3) is 14.2. The Labute approximate surface area is 272 Å². The molecule has 14 heteroatoms. The van der Waals surface area contributed by atoms with E-state index in [1.165, 1.54) is 25.7 Å². The molecule has 7 N–H and O–H groups in total. The summed E-state index contributed by atoms with van der Waals surface area (Å²) < 4.78 is 33.6. The van der Waals surface area contributed by atoms with Crippen LogP contribution in [0, 0.1) is 0 Å². The highest BCUT2D eigenvalue weighted by Crippen LogP contribution is 2.26. The fraction of sp³-hybridized carbons (Fsp3) is 0.969. The molecule has 0 aromatic heterocycles. The van der Waals surface area contributed by atoms with Gasteiger partial charge in [0.2, 0.25) is 0 Å². The maximum Gasteiger partial charge on any atom is 0.306 e. The van der Waals surface area contributed by atoms with Crippen molar-refractivity contribution in [3.8, 4) is 0 Å². The first-order chi connectivity index (χ1) is 22.1. The first-order valence-electron chi connectivity index (χ1n) is 17.1. The van der Waals surface area contributed by atoms with Crippen LogP contribution in [0.5, 0.6) is 0 Å². The van der Waals surface area contributed by atoms with Gasteiger partial charge in [0.1, 0.15) is 54.9 Å². The molecule has 272 valence electrons. The van der Waals surface area contributed by atoms with Crippen molar-refractivity contribution in [1.82, 2.24) is 0 Å². The van der Waals surface area contributed by atoms with E-state index in [-0.39, 0.29) is 19.6 Å². The number of unbranched alkanes of at least 4 members (excludes halogenated alkanes) is 10. The normalized spacial score (nSPS) is 32.4. The van der Waals surface area contributed by atoms with Gasteiger partial charge in [0.05, 0.1) is 26.4 Å². The second-order valence-electron chi connectivity index (χ2n) is 12.4. The van der Waals surface area contributed by atoms with Crippen molar-refractivity contribution in [3.63, 3.8) is 0 Å². The van der Waals surface area contributed by atoms with Gasteiger partial charge in [-0.1, -0.05) is 78.1 Å². The molecule has 2 saturated heterocycles. The lowest BCUT2D eigenvalue weighted by Crippen LogP contribution is -2.61. The quantitative estimate of drug-likeness (QED) is 0.0556. The van der Waals surface area contributed by atoms with Gasteiger partial charge in [-0.3, -0.25) is 4.79 Å². The summed E-state index contributed by atoms with van der Waals surface area (Å²) in [4.78, 5) is 12.6. The molecule has 0 spiro atoms. The zero-order valence-corrected chi connectivity index (χ0v) is 27.6. The number of carbonyl (C=O) groups is 1. The number of aliphatic hydroxyl groups is 7. The maximum atomic E-state index is 12.6. The van der Waals surface area contributed by atoms with Crippen LogP contribution >= 0.6 is 0 Å². The summed E-state index contributed by atoms with van der Waals surface area (Å²) in [5.74, 6) is -0.393. The molecule has 0 radical (unpaired) electrons. The first-order valence-corrected chi connectivity index (χ1v) is 17.1. The van der Waals surface area contributed by atoms with Gasteiger partial charge in [0.15, 0.2) is 12.6 Å². The van der Waals surface area contributed by atoms with E-state index in [1.54, 1.807) is 0 Å². The van der Waals surface area contributed by atoms with E-state index in [0.717, 1.165) is 44.9 Å². The second kappa shape index (κ2) is 23.4. The van der Waals surface area contributed by atoms with Crippen LogP contribution in [-0.4, -0.2) is 142 Å². The number of rotatable bonds is 24. The number of esters is 1.